The molecule has 0 aromatic carbocycles. The molecule has 1 aliphatic heterocycles. The molecule has 0 aliphatic carbocycles. The lowest BCUT2D eigenvalue weighted by Crippen LogP contribution is -2.03. The molecule has 1 heterocycles. The van der Waals surface area contributed by atoms with Gasteiger partial charge in [-0.05, 0) is 12.2 Å². The average molecular weight is 242 g/mol. The first-order valence-corrected chi connectivity index (χ1v) is 5.36. The van der Waals surface area contributed by atoms with Crippen LogP contribution in [0.4, 0.5) is 0 Å². The topological polar surface area (TPSA) is 61.7 Å². The number of carboxylic acid groups (broad SMARTS) is 1. The molecule has 2 N–H and O–H groups in total. The van der Waals surface area contributed by atoms with Crippen molar-refractivity contribution in [1.82, 2.24) is 5.43 Å². The van der Waals surface area contributed by atoms with Gasteiger partial charge in [0.2, 0.25) is 0 Å². The Labute approximate surface area is 106 Å². The predicted octanol–water partition coefficient (Wildman–Crippen LogP) is 2.32. The van der Waals surface area contributed by atoms with Crippen LogP contribution in [0.1, 0.15) is 0 Å². The Bertz CT molecular complexity index is 478. The molecule has 4 nitrogen and oxygen atoms in total. The molecule has 0 amide bonds. The van der Waals surface area contributed by atoms with E-state index in [1.807, 2.05) is 36.5 Å². The molecule has 0 fully saturated rings. The Hall–Kier alpha value is -2.62. The summed E-state index contributed by atoms with van der Waals surface area (Å²) in [5.41, 5.74) is 2.67. The lowest BCUT2D eigenvalue weighted by Gasteiger charge is -1.94. The van der Waals surface area contributed by atoms with Gasteiger partial charge in [-0.1, -0.05) is 48.6 Å². The molecule has 18 heavy (non-hydrogen) atoms. The van der Waals surface area contributed by atoms with Crippen molar-refractivity contribution in [3.05, 3.63) is 72.5 Å². The number of allylic oxidation sites excluding steroid dienone is 9. The van der Waals surface area contributed by atoms with Crippen molar-refractivity contribution < 1.29 is 9.90 Å². The van der Waals surface area contributed by atoms with Crippen LogP contribution in [0.25, 0.3) is 0 Å². The highest BCUT2D eigenvalue weighted by atomic mass is 16.4. The Balaban J connectivity index is 2.86. The summed E-state index contributed by atoms with van der Waals surface area (Å²) >= 11 is 0. The number of hydrogen-bond acceptors (Lipinski definition) is 3. The maximum atomic E-state index is 10.9. The number of nitrogens with one attached hydrogen (secondary N) is 1. The van der Waals surface area contributed by atoms with Crippen molar-refractivity contribution in [2.45, 2.75) is 0 Å². The summed E-state index contributed by atoms with van der Waals surface area (Å²) in [5.74, 6) is -1.01. The maximum Gasteiger partial charge on any atom is 0.337 e. The van der Waals surface area contributed by atoms with Gasteiger partial charge in [0, 0.05) is 12.4 Å². The molecule has 0 radical (unpaired) electrons. The molecule has 0 atom stereocenters. The number of carbonyl (C=O) groups is 1. The molecule has 4 heteroatoms. The number of carboxylic acids is 1. The Morgan fingerprint density at radius 3 is 2.11 bits per heavy atom. The number of nitrogens with zero attached hydrogens (tertiary/aromatic N) is 1. The minimum Gasteiger partial charge on any atom is -0.478 e. The first kappa shape index (κ1) is 13.4. The molecule has 0 spiro atoms. The van der Waals surface area contributed by atoms with E-state index in [2.05, 4.69) is 10.5 Å². The van der Waals surface area contributed by atoms with E-state index in [-0.39, 0.29) is 5.57 Å². The largest absolute Gasteiger partial charge is 0.478 e. The van der Waals surface area contributed by atoms with Crippen molar-refractivity contribution in [2.24, 2.45) is 5.10 Å². The third-order valence-electron chi connectivity index (χ3n) is 1.87. The average Bonchev–Trinajstić information content (AvgIpc) is 2.36. The Kier molecular flexibility index (Phi) is 6.37. The fourth-order valence-electron chi connectivity index (χ4n) is 1.03. The highest BCUT2D eigenvalue weighted by Crippen LogP contribution is 1.96. The molecule has 0 unspecified atom stereocenters. The highest BCUT2D eigenvalue weighted by Gasteiger charge is 2.00. The summed E-state index contributed by atoms with van der Waals surface area (Å²) in [7, 11) is 0. The van der Waals surface area contributed by atoms with Crippen LogP contribution in [-0.2, 0) is 4.79 Å². The monoisotopic (exact) mass is 242 g/mol. The van der Waals surface area contributed by atoms with E-state index in [4.69, 9.17) is 5.11 Å². The van der Waals surface area contributed by atoms with Gasteiger partial charge in [0.15, 0.2) is 0 Å². The van der Waals surface area contributed by atoms with Gasteiger partial charge >= 0.3 is 5.97 Å². The van der Waals surface area contributed by atoms with Gasteiger partial charge in [0.1, 0.15) is 0 Å². The van der Waals surface area contributed by atoms with E-state index < -0.39 is 5.97 Å². The Morgan fingerprint density at radius 1 is 0.944 bits per heavy atom. The first-order valence-electron chi connectivity index (χ1n) is 5.36. The van der Waals surface area contributed by atoms with Crippen LogP contribution in [0.5, 0.6) is 0 Å². The molecule has 0 saturated carbocycles. The van der Waals surface area contributed by atoms with Crippen LogP contribution in [0.3, 0.4) is 0 Å². The zero-order chi connectivity index (χ0) is 13.1. The lowest BCUT2D eigenvalue weighted by atomic mass is 10.2. The maximum absolute atomic E-state index is 10.9. The second kappa shape index (κ2) is 8.52. The highest BCUT2D eigenvalue weighted by molar-refractivity contribution is 5.89. The van der Waals surface area contributed by atoms with E-state index in [9.17, 15) is 4.79 Å². The molecule has 92 valence electrons. The fraction of sp³-hybridized carbons (Fsp3) is 0. The van der Waals surface area contributed by atoms with Gasteiger partial charge < -0.3 is 5.11 Å². The number of hydrogen-bond donors (Lipinski definition) is 2. The number of hydrazone groups is 1. The van der Waals surface area contributed by atoms with Crippen molar-refractivity contribution in [3.8, 4) is 0 Å². The first-order chi connectivity index (χ1) is 8.80. The van der Waals surface area contributed by atoms with E-state index in [1.54, 1.807) is 18.2 Å². The summed E-state index contributed by atoms with van der Waals surface area (Å²) < 4.78 is 0. The molecule has 0 aromatic heterocycles. The number of rotatable bonds is 1. The van der Waals surface area contributed by atoms with Crippen molar-refractivity contribution in [3.63, 3.8) is 0 Å². The van der Waals surface area contributed by atoms with E-state index in [0.29, 0.717) is 0 Å². The molecule has 0 saturated heterocycles. The van der Waals surface area contributed by atoms with Crippen LogP contribution in [0.15, 0.2) is 77.6 Å². The normalized spacial score (nSPS) is 29.2. The van der Waals surface area contributed by atoms with E-state index in [0.717, 1.165) is 0 Å². The zero-order valence-electron chi connectivity index (χ0n) is 9.73. The number of aliphatic carboxylic acids is 1. The molecule has 0 bridgehead atoms. The summed E-state index contributed by atoms with van der Waals surface area (Å²) in [6.45, 7) is 0. The van der Waals surface area contributed by atoms with Crippen LogP contribution in [-0.4, -0.2) is 17.3 Å². The SMILES string of the molecule is O=C(O)C1=C\N/N=C/C=C\C=C\C=C\C=C\C=C\1. The lowest BCUT2D eigenvalue weighted by molar-refractivity contribution is -0.132. The molecular formula is C14H14N2O2. The molecule has 0 aromatic rings. The van der Waals surface area contributed by atoms with Gasteiger partial charge in [-0.2, -0.15) is 5.10 Å². The van der Waals surface area contributed by atoms with Crippen molar-refractivity contribution in [1.29, 1.82) is 0 Å². The third kappa shape index (κ3) is 6.07. The fourth-order valence-corrected chi connectivity index (χ4v) is 1.03. The van der Waals surface area contributed by atoms with Gasteiger partial charge in [-0.25, -0.2) is 4.79 Å². The van der Waals surface area contributed by atoms with Gasteiger partial charge in [0.05, 0.1) is 5.57 Å². The summed E-state index contributed by atoms with van der Waals surface area (Å²) in [5, 5.41) is 12.7. The van der Waals surface area contributed by atoms with Crippen LogP contribution < -0.4 is 5.43 Å². The zero-order valence-corrected chi connectivity index (χ0v) is 9.73. The second-order valence-electron chi connectivity index (χ2n) is 3.21. The predicted molar refractivity (Wildman–Crippen MR) is 73.0 cm³/mol. The summed E-state index contributed by atoms with van der Waals surface area (Å²) in [6.07, 6.45) is 20.6. The van der Waals surface area contributed by atoms with Crippen LogP contribution >= 0.6 is 0 Å². The summed E-state index contributed by atoms with van der Waals surface area (Å²) in [4.78, 5) is 10.9. The molecular weight excluding hydrogens is 228 g/mol. The molecule has 1 aliphatic rings. The third-order valence-corrected chi connectivity index (χ3v) is 1.87. The minimum atomic E-state index is -1.01. The van der Waals surface area contributed by atoms with Crippen LogP contribution in [0, 0.1) is 0 Å². The van der Waals surface area contributed by atoms with Gasteiger partial charge in [-0.3, -0.25) is 5.43 Å². The van der Waals surface area contributed by atoms with Crippen LogP contribution in [0.2, 0.25) is 0 Å². The van der Waals surface area contributed by atoms with Crippen molar-refractivity contribution >= 4 is 12.2 Å². The summed E-state index contributed by atoms with van der Waals surface area (Å²) in [6, 6.07) is 0. The van der Waals surface area contributed by atoms with Crippen molar-refractivity contribution in [2.75, 3.05) is 0 Å². The molecule has 1 rings (SSSR count). The van der Waals surface area contributed by atoms with Gasteiger partial charge in [-0.15, -0.1) is 0 Å². The Morgan fingerprint density at radius 2 is 1.50 bits per heavy atom. The van der Waals surface area contributed by atoms with E-state index in [1.165, 1.54) is 18.5 Å². The minimum absolute atomic E-state index is 0.123. The standard InChI is InChI=1S/C14H14N2O2/c17-14(18)13-10-8-6-4-2-1-3-5-7-9-11-15-16-12-13/h1-12,16H,(H,17,18)/b2-1+,5-3+,6-4+,9-7-,10-8+,13-12-,15-11+. The van der Waals surface area contributed by atoms with Gasteiger partial charge in [0.25, 0.3) is 0 Å². The van der Waals surface area contributed by atoms with E-state index >= 15 is 0 Å². The second-order valence-corrected chi connectivity index (χ2v) is 3.21. The smallest absolute Gasteiger partial charge is 0.337 e. The quantitative estimate of drug-likeness (QED) is 0.741.